The van der Waals surface area contributed by atoms with Crippen molar-refractivity contribution < 1.29 is 19.1 Å². The number of carbonyl (C=O) groups excluding carboxylic acids is 2. The van der Waals surface area contributed by atoms with Crippen LogP contribution in [0.25, 0.3) is 0 Å². The van der Waals surface area contributed by atoms with Crippen LogP contribution in [0.2, 0.25) is 0 Å². The molecule has 2 amide bonds. The second-order valence-corrected chi connectivity index (χ2v) is 9.34. The van der Waals surface area contributed by atoms with Crippen LogP contribution >= 0.6 is 11.8 Å². The van der Waals surface area contributed by atoms with Crippen LogP contribution in [0.4, 0.5) is 11.4 Å². The number of carbonyl (C=O) groups is 2. The zero-order valence-electron chi connectivity index (χ0n) is 20.4. The molecular formula is C28H30N2O4S. The van der Waals surface area contributed by atoms with E-state index in [0.29, 0.717) is 24.3 Å². The predicted octanol–water partition coefficient (Wildman–Crippen LogP) is 5.86. The Morgan fingerprint density at radius 3 is 2.40 bits per heavy atom. The average Bonchev–Trinajstić information content (AvgIpc) is 2.89. The number of benzene rings is 3. The molecule has 0 radical (unpaired) electrons. The molecule has 3 aromatic rings. The molecule has 1 aliphatic rings. The number of methoxy groups -OCH3 is 2. The molecule has 0 aromatic heterocycles. The molecule has 0 saturated carbocycles. The van der Waals surface area contributed by atoms with Crippen LogP contribution in [-0.4, -0.2) is 32.3 Å². The first-order chi connectivity index (χ1) is 17.0. The molecule has 0 aliphatic carbocycles. The molecule has 0 spiro atoms. The monoisotopic (exact) mass is 490 g/mol. The molecule has 1 fully saturated rings. The van der Waals surface area contributed by atoms with Gasteiger partial charge < -0.3 is 19.7 Å². The Labute approximate surface area is 210 Å². The molecule has 2 unspecified atom stereocenters. The number of piperidine rings is 1. The quantitative estimate of drug-likeness (QED) is 0.420. The number of nitrogens with one attached hydrogen (secondary N) is 1. The molecular weight excluding hydrogens is 460 g/mol. The summed E-state index contributed by atoms with van der Waals surface area (Å²) in [6.07, 6.45) is 2.73. The first kappa shape index (κ1) is 24.7. The number of amides is 2. The van der Waals surface area contributed by atoms with E-state index in [-0.39, 0.29) is 11.8 Å². The lowest BCUT2D eigenvalue weighted by molar-refractivity contribution is -0.125. The van der Waals surface area contributed by atoms with Gasteiger partial charge in [0.25, 0.3) is 0 Å². The van der Waals surface area contributed by atoms with Crippen molar-refractivity contribution in [1.82, 2.24) is 0 Å². The molecule has 7 heteroatoms. The minimum Gasteiger partial charge on any atom is -0.493 e. The van der Waals surface area contributed by atoms with Crippen molar-refractivity contribution >= 4 is 35.0 Å². The van der Waals surface area contributed by atoms with E-state index in [4.69, 9.17) is 9.47 Å². The van der Waals surface area contributed by atoms with Gasteiger partial charge in [-0.15, -0.1) is 11.8 Å². The van der Waals surface area contributed by atoms with E-state index in [1.54, 1.807) is 30.9 Å². The Hall–Kier alpha value is -3.45. The normalized spacial score (nSPS) is 17.7. The lowest BCUT2D eigenvalue weighted by Gasteiger charge is -2.41. The zero-order chi connectivity index (χ0) is 24.9. The largest absolute Gasteiger partial charge is 0.493 e. The van der Waals surface area contributed by atoms with E-state index < -0.39 is 12.0 Å². The molecule has 1 aliphatic heterocycles. The summed E-state index contributed by atoms with van der Waals surface area (Å²) in [7, 11) is 3.16. The summed E-state index contributed by atoms with van der Waals surface area (Å²) in [6.45, 7) is 2.01. The van der Waals surface area contributed by atoms with Crippen LogP contribution in [0.5, 0.6) is 11.5 Å². The molecule has 182 valence electrons. The summed E-state index contributed by atoms with van der Waals surface area (Å²) >= 11 is 1.58. The van der Waals surface area contributed by atoms with Crippen molar-refractivity contribution in [2.45, 2.75) is 30.7 Å². The number of thioether (sulfide) groups is 1. The maximum atomic E-state index is 13.7. The van der Waals surface area contributed by atoms with Crippen LogP contribution in [0.3, 0.4) is 0 Å². The summed E-state index contributed by atoms with van der Waals surface area (Å²) < 4.78 is 11.0. The second-order valence-electron chi connectivity index (χ2n) is 8.49. The molecule has 2 atom stereocenters. The highest BCUT2D eigenvalue weighted by molar-refractivity contribution is 7.98. The van der Waals surface area contributed by atoms with Gasteiger partial charge >= 0.3 is 0 Å². The fourth-order valence-electron chi connectivity index (χ4n) is 4.57. The number of rotatable bonds is 7. The van der Waals surface area contributed by atoms with E-state index >= 15 is 0 Å². The van der Waals surface area contributed by atoms with Crippen LogP contribution in [0.15, 0.2) is 71.6 Å². The number of nitrogens with zero attached hydrogens (tertiary/aromatic N) is 1. The third-order valence-electron chi connectivity index (χ3n) is 6.36. The summed E-state index contributed by atoms with van der Waals surface area (Å²) in [5, 5.41) is 3.12. The summed E-state index contributed by atoms with van der Waals surface area (Å²) in [4.78, 5) is 29.8. The third-order valence-corrected chi connectivity index (χ3v) is 7.16. The van der Waals surface area contributed by atoms with Gasteiger partial charge in [0.2, 0.25) is 11.8 Å². The number of para-hydroxylation sites is 1. The van der Waals surface area contributed by atoms with Crippen molar-refractivity contribution in [3.8, 4) is 11.5 Å². The van der Waals surface area contributed by atoms with Crippen molar-refractivity contribution in [2.24, 2.45) is 5.92 Å². The third kappa shape index (κ3) is 5.15. The lowest BCUT2D eigenvalue weighted by atomic mass is 9.83. The summed E-state index contributed by atoms with van der Waals surface area (Å²) in [5.41, 5.74) is 3.45. The molecule has 4 rings (SSSR count). The maximum Gasteiger partial charge on any atom is 0.229 e. The number of aryl methyl sites for hydroxylation is 1. The molecule has 35 heavy (non-hydrogen) atoms. The van der Waals surface area contributed by atoms with Crippen molar-refractivity contribution in [1.29, 1.82) is 0 Å². The number of hydrogen-bond acceptors (Lipinski definition) is 5. The van der Waals surface area contributed by atoms with E-state index in [1.807, 2.05) is 79.9 Å². The Morgan fingerprint density at radius 1 is 1.00 bits per heavy atom. The van der Waals surface area contributed by atoms with E-state index in [2.05, 4.69) is 5.32 Å². The minimum atomic E-state index is -0.500. The van der Waals surface area contributed by atoms with Crippen LogP contribution in [-0.2, 0) is 9.59 Å². The van der Waals surface area contributed by atoms with E-state index in [0.717, 1.165) is 27.4 Å². The van der Waals surface area contributed by atoms with Crippen LogP contribution in [0, 0.1) is 12.8 Å². The van der Waals surface area contributed by atoms with Gasteiger partial charge in [0.15, 0.2) is 11.5 Å². The Balaban J connectivity index is 1.79. The Morgan fingerprint density at radius 2 is 1.71 bits per heavy atom. The molecule has 1 heterocycles. The van der Waals surface area contributed by atoms with Gasteiger partial charge in [-0.1, -0.05) is 35.9 Å². The standard InChI is InChI=1S/C28H30N2O4S/c1-18-9-12-20(13-10-18)30-26(31)16-14-21(28(32)29-22-7-5-6-8-25(22)35-4)27(30)19-11-15-23(33-2)24(17-19)34-3/h5-13,15,17,21,27H,14,16H2,1-4H3,(H,29,32). The Bertz CT molecular complexity index is 1210. The molecule has 6 nitrogen and oxygen atoms in total. The van der Waals surface area contributed by atoms with E-state index in [1.165, 1.54) is 0 Å². The molecule has 3 aromatic carbocycles. The second kappa shape index (κ2) is 10.9. The first-order valence-corrected chi connectivity index (χ1v) is 12.7. The van der Waals surface area contributed by atoms with Gasteiger partial charge in [-0.2, -0.15) is 0 Å². The zero-order valence-corrected chi connectivity index (χ0v) is 21.2. The van der Waals surface area contributed by atoms with Crippen LogP contribution in [0.1, 0.15) is 30.0 Å². The smallest absolute Gasteiger partial charge is 0.229 e. The molecule has 1 N–H and O–H groups in total. The van der Waals surface area contributed by atoms with Crippen LogP contribution < -0.4 is 19.7 Å². The van der Waals surface area contributed by atoms with E-state index in [9.17, 15) is 9.59 Å². The van der Waals surface area contributed by atoms with Gasteiger partial charge in [-0.3, -0.25) is 9.59 Å². The Kier molecular flexibility index (Phi) is 7.66. The van der Waals surface area contributed by atoms with Crippen molar-refractivity contribution in [3.05, 3.63) is 77.9 Å². The molecule has 1 saturated heterocycles. The summed E-state index contributed by atoms with van der Waals surface area (Å²) in [5.74, 6) is 0.564. The average molecular weight is 491 g/mol. The highest BCUT2D eigenvalue weighted by atomic mass is 32.2. The fourth-order valence-corrected chi connectivity index (χ4v) is 5.12. The van der Waals surface area contributed by atoms with Crippen molar-refractivity contribution in [3.63, 3.8) is 0 Å². The fraction of sp³-hybridized carbons (Fsp3) is 0.286. The number of ether oxygens (including phenoxy) is 2. The topological polar surface area (TPSA) is 67.9 Å². The maximum absolute atomic E-state index is 13.7. The van der Waals surface area contributed by atoms with Crippen molar-refractivity contribution in [2.75, 3.05) is 30.7 Å². The molecule has 0 bridgehead atoms. The highest BCUT2D eigenvalue weighted by Crippen LogP contribution is 2.43. The SMILES string of the molecule is COc1ccc(C2C(C(=O)Nc3ccccc3SC)CCC(=O)N2c2ccc(C)cc2)cc1OC. The highest BCUT2D eigenvalue weighted by Gasteiger charge is 2.42. The predicted molar refractivity (Wildman–Crippen MR) is 141 cm³/mol. The first-order valence-electron chi connectivity index (χ1n) is 11.5. The minimum absolute atomic E-state index is 0.0119. The van der Waals surface area contributed by atoms with Gasteiger partial charge in [0, 0.05) is 17.0 Å². The number of hydrogen-bond donors (Lipinski definition) is 1. The van der Waals surface area contributed by atoms with Gasteiger partial charge in [-0.05, 0) is 61.6 Å². The van der Waals surface area contributed by atoms with Gasteiger partial charge in [0.1, 0.15) is 0 Å². The summed E-state index contributed by atoms with van der Waals surface area (Å²) in [6, 6.07) is 20.7. The lowest BCUT2D eigenvalue weighted by Crippen LogP contribution is -2.47. The number of anilines is 2. The van der Waals surface area contributed by atoms with Gasteiger partial charge in [0.05, 0.1) is 31.9 Å². The van der Waals surface area contributed by atoms with Gasteiger partial charge in [-0.25, -0.2) is 0 Å².